The Morgan fingerprint density at radius 2 is 2.14 bits per heavy atom. The Morgan fingerprint density at radius 1 is 1.33 bits per heavy atom. The highest BCUT2D eigenvalue weighted by atomic mass is 16.5. The molecule has 0 spiro atoms. The van der Waals surface area contributed by atoms with Crippen LogP contribution in [0.5, 0.6) is 5.75 Å². The van der Waals surface area contributed by atoms with Crippen molar-refractivity contribution in [2.24, 2.45) is 0 Å². The van der Waals surface area contributed by atoms with E-state index < -0.39 is 0 Å². The van der Waals surface area contributed by atoms with Gasteiger partial charge in [-0.1, -0.05) is 18.2 Å². The molecule has 0 saturated carbocycles. The third kappa shape index (κ3) is 4.95. The van der Waals surface area contributed by atoms with Crippen LogP contribution < -0.4 is 10.1 Å². The van der Waals surface area contributed by atoms with Crippen molar-refractivity contribution in [3.8, 4) is 5.75 Å². The van der Waals surface area contributed by atoms with Crippen LogP contribution in [0.25, 0.3) is 0 Å². The van der Waals surface area contributed by atoms with Crippen molar-refractivity contribution in [3.05, 3.63) is 47.8 Å². The Balaban J connectivity index is 1.63. The smallest absolute Gasteiger partial charge is 0.257 e. The van der Waals surface area contributed by atoms with Gasteiger partial charge >= 0.3 is 0 Å². The molecule has 2 aromatic rings. The summed E-state index contributed by atoms with van der Waals surface area (Å²) in [5, 5.41) is 7.04. The normalized spacial score (nSPS) is 10.4. The average Bonchev–Trinajstić information content (AvgIpc) is 2.88. The lowest BCUT2D eigenvalue weighted by molar-refractivity contribution is -0.123. The number of aromatic nitrogens is 2. The van der Waals surface area contributed by atoms with Crippen molar-refractivity contribution in [1.82, 2.24) is 15.1 Å². The van der Waals surface area contributed by atoms with Crippen molar-refractivity contribution in [3.63, 3.8) is 0 Å². The van der Waals surface area contributed by atoms with Crippen LogP contribution >= 0.6 is 0 Å². The van der Waals surface area contributed by atoms with Gasteiger partial charge in [0.2, 0.25) is 0 Å². The van der Waals surface area contributed by atoms with E-state index in [4.69, 9.17) is 4.74 Å². The van der Waals surface area contributed by atoms with Gasteiger partial charge in [0.15, 0.2) is 6.61 Å². The van der Waals surface area contributed by atoms with E-state index in [-0.39, 0.29) is 12.5 Å². The molecule has 21 heavy (non-hydrogen) atoms. The van der Waals surface area contributed by atoms with Crippen LogP contribution in [0.1, 0.15) is 17.5 Å². The minimum atomic E-state index is -0.102. The second kappa shape index (κ2) is 7.47. The molecule has 0 unspecified atom stereocenters. The molecule has 1 aromatic heterocycles. The number of amides is 1. The average molecular weight is 287 g/mol. The highest BCUT2D eigenvalue weighted by Crippen LogP contribution is 2.15. The Hall–Kier alpha value is -2.30. The number of aryl methyl sites for hydroxylation is 3. The fourth-order valence-electron chi connectivity index (χ4n) is 1.97. The number of nitrogens with zero attached hydrogens (tertiary/aromatic N) is 2. The summed E-state index contributed by atoms with van der Waals surface area (Å²) in [6.07, 6.45) is 4.66. The summed E-state index contributed by atoms with van der Waals surface area (Å²) in [6, 6.07) is 7.66. The van der Waals surface area contributed by atoms with Gasteiger partial charge in [-0.3, -0.25) is 9.48 Å². The molecule has 1 heterocycles. The molecule has 0 radical (unpaired) electrons. The number of para-hydroxylation sites is 1. The summed E-state index contributed by atoms with van der Waals surface area (Å²) in [6.45, 7) is 5.43. The summed E-state index contributed by atoms with van der Waals surface area (Å²) in [7, 11) is 0. The first-order chi connectivity index (χ1) is 10.1. The van der Waals surface area contributed by atoms with Gasteiger partial charge in [0.25, 0.3) is 5.91 Å². The van der Waals surface area contributed by atoms with Crippen molar-refractivity contribution < 1.29 is 9.53 Å². The highest BCUT2D eigenvalue weighted by Gasteiger charge is 2.04. The van der Waals surface area contributed by atoms with Gasteiger partial charge in [-0.05, 0) is 37.5 Å². The molecule has 112 valence electrons. The van der Waals surface area contributed by atoms with Gasteiger partial charge in [0.05, 0.1) is 6.20 Å². The summed E-state index contributed by atoms with van der Waals surface area (Å²) in [4.78, 5) is 11.7. The maximum Gasteiger partial charge on any atom is 0.257 e. The van der Waals surface area contributed by atoms with Crippen molar-refractivity contribution in [2.75, 3.05) is 13.2 Å². The number of benzene rings is 1. The maximum atomic E-state index is 11.7. The first kappa shape index (κ1) is 15.1. The molecule has 0 fully saturated rings. The number of rotatable bonds is 7. The Kier molecular flexibility index (Phi) is 5.37. The second-order valence-electron chi connectivity index (χ2n) is 5.04. The predicted molar refractivity (Wildman–Crippen MR) is 81.3 cm³/mol. The van der Waals surface area contributed by atoms with Crippen molar-refractivity contribution in [2.45, 2.75) is 26.8 Å². The van der Waals surface area contributed by atoms with Gasteiger partial charge in [0.1, 0.15) is 5.75 Å². The SMILES string of the molecule is Cc1cnn(CCCNC(=O)COc2ccccc2C)c1. The zero-order chi connectivity index (χ0) is 15.1. The predicted octanol–water partition coefficient (Wildman–Crippen LogP) is 2.09. The summed E-state index contributed by atoms with van der Waals surface area (Å²) >= 11 is 0. The number of hydrogen-bond donors (Lipinski definition) is 1. The summed E-state index contributed by atoms with van der Waals surface area (Å²) < 4.78 is 7.37. The molecular formula is C16H21N3O2. The summed E-state index contributed by atoms with van der Waals surface area (Å²) in [5.74, 6) is 0.648. The van der Waals surface area contributed by atoms with Crippen LogP contribution in [-0.4, -0.2) is 28.8 Å². The molecule has 1 N–H and O–H groups in total. The van der Waals surface area contributed by atoms with Crippen LogP contribution in [0.3, 0.4) is 0 Å². The number of carbonyl (C=O) groups is 1. The van der Waals surface area contributed by atoms with Crippen molar-refractivity contribution >= 4 is 5.91 Å². The second-order valence-corrected chi connectivity index (χ2v) is 5.04. The molecule has 0 atom stereocenters. The van der Waals surface area contributed by atoms with E-state index in [9.17, 15) is 4.79 Å². The largest absolute Gasteiger partial charge is 0.484 e. The monoisotopic (exact) mass is 287 g/mol. The Labute approximate surface area is 124 Å². The molecule has 5 heteroatoms. The van der Waals surface area contributed by atoms with E-state index in [2.05, 4.69) is 10.4 Å². The van der Waals surface area contributed by atoms with E-state index in [1.54, 1.807) is 0 Å². The lowest BCUT2D eigenvalue weighted by Crippen LogP contribution is -2.30. The maximum absolute atomic E-state index is 11.7. The molecule has 0 aliphatic rings. The van der Waals surface area contributed by atoms with E-state index >= 15 is 0 Å². The minimum Gasteiger partial charge on any atom is -0.484 e. The fraction of sp³-hybridized carbons (Fsp3) is 0.375. The minimum absolute atomic E-state index is 0.0474. The molecule has 5 nitrogen and oxygen atoms in total. The number of hydrogen-bond acceptors (Lipinski definition) is 3. The lowest BCUT2D eigenvalue weighted by atomic mass is 10.2. The first-order valence-electron chi connectivity index (χ1n) is 7.09. The molecule has 0 bridgehead atoms. The van der Waals surface area contributed by atoms with Gasteiger partial charge in [-0.25, -0.2) is 0 Å². The van der Waals surface area contributed by atoms with Crippen LogP contribution in [0.2, 0.25) is 0 Å². The number of ether oxygens (including phenoxy) is 1. The van der Waals surface area contributed by atoms with E-state index in [1.165, 1.54) is 0 Å². The quantitative estimate of drug-likeness (QED) is 0.793. The Morgan fingerprint density at radius 3 is 2.86 bits per heavy atom. The zero-order valence-electron chi connectivity index (χ0n) is 12.5. The molecule has 2 rings (SSSR count). The van der Waals surface area contributed by atoms with Crippen molar-refractivity contribution in [1.29, 1.82) is 0 Å². The molecule has 0 saturated heterocycles. The molecule has 0 aliphatic heterocycles. The summed E-state index contributed by atoms with van der Waals surface area (Å²) in [5.41, 5.74) is 2.17. The standard InChI is InChI=1S/C16H21N3O2/c1-13-10-18-19(11-13)9-5-8-17-16(20)12-21-15-7-4-3-6-14(15)2/h3-4,6-7,10-11H,5,8-9,12H2,1-2H3,(H,17,20). The third-order valence-electron chi connectivity index (χ3n) is 3.10. The first-order valence-corrected chi connectivity index (χ1v) is 7.09. The van der Waals surface area contributed by atoms with Crippen LogP contribution in [0.4, 0.5) is 0 Å². The lowest BCUT2D eigenvalue weighted by Gasteiger charge is -2.09. The van der Waals surface area contributed by atoms with E-state index in [1.807, 2.05) is 55.2 Å². The number of nitrogens with one attached hydrogen (secondary N) is 1. The third-order valence-corrected chi connectivity index (χ3v) is 3.10. The number of carbonyl (C=O) groups excluding carboxylic acids is 1. The van der Waals surface area contributed by atoms with Crippen LogP contribution in [0.15, 0.2) is 36.7 Å². The zero-order valence-corrected chi connectivity index (χ0v) is 12.5. The highest BCUT2D eigenvalue weighted by molar-refractivity contribution is 5.77. The van der Waals surface area contributed by atoms with Gasteiger partial charge in [0, 0.05) is 19.3 Å². The molecular weight excluding hydrogens is 266 g/mol. The van der Waals surface area contributed by atoms with Gasteiger partial charge in [-0.15, -0.1) is 0 Å². The van der Waals surface area contributed by atoms with Crippen LogP contribution in [0, 0.1) is 13.8 Å². The molecule has 1 amide bonds. The molecule has 0 aliphatic carbocycles. The fourth-order valence-corrected chi connectivity index (χ4v) is 1.97. The van der Waals surface area contributed by atoms with Gasteiger partial charge < -0.3 is 10.1 Å². The van der Waals surface area contributed by atoms with E-state index in [0.717, 1.165) is 29.8 Å². The topological polar surface area (TPSA) is 56.2 Å². The Bertz CT molecular complexity index is 593. The van der Waals surface area contributed by atoms with Gasteiger partial charge in [-0.2, -0.15) is 5.10 Å². The molecule has 1 aromatic carbocycles. The van der Waals surface area contributed by atoms with Crippen LogP contribution in [-0.2, 0) is 11.3 Å². The van der Waals surface area contributed by atoms with E-state index in [0.29, 0.717) is 6.54 Å².